The van der Waals surface area contributed by atoms with Gasteiger partial charge in [-0.05, 0) is 74.6 Å². The van der Waals surface area contributed by atoms with Crippen molar-refractivity contribution in [3.8, 4) is 0 Å². The van der Waals surface area contributed by atoms with E-state index in [4.69, 9.17) is 5.73 Å². The highest BCUT2D eigenvalue weighted by Crippen LogP contribution is 2.33. The first-order chi connectivity index (χ1) is 12.2. The third kappa shape index (κ3) is 2.78. The standard InChI is InChI=1S/C21H23N3O/c1-2-24-19-9-4-3-8-17(19)18-12-14(10-11-20(18)24)21(25)23-16-7-5-6-15(22)13-16/h5-7,10-13H,2-4,8-9,22H2,1H3,(H,23,25). The topological polar surface area (TPSA) is 60.0 Å². The van der Waals surface area contributed by atoms with Crippen LogP contribution in [0, 0.1) is 0 Å². The molecule has 3 N–H and O–H groups in total. The lowest BCUT2D eigenvalue weighted by atomic mass is 9.95. The molecule has 0 saturated heterocycles. The number of benzene rings is 2. The molecule has 0 spiro atoms. The fourth-order valence-corrected chi connectivity index (χ4v) is 3.96. The molecule has 1 aliphatic rings. The van der Waals surface area contributed by atoms with E-state index in [1.165, 1.54) is 35.0 Å². The van der Waals surface area contributed by atoms with Gasteiger partial charge in [0.15, 0.2) is 0 Å². The molecule has 0 bridgehead atoms. The van der Waals surface area contributed by atoms with Crippen molar-refractivity contribution in [1.29, 1.82) is 0 Å². The second-order valence-electron chi connectivity index (χ2n) is 6.69. The summed E-state index contributed by atoms with van der Waals surface area (Å²) in [5.74, 6) is -0.0960. The maximum atomic E-state index is 12.7. The number of amides is 1. The number of fused-ring (bicyclic) bond motifs is 3. The molecule has 0 unspecified atom stereocenters. The van der Waals surface area contributed by atoms with Crippen LogP contribution in [0.4, 0.5) is 11.4 Å². The fraction of sp³-hybridized carbons (Fsp3) is 0.286. The van der Waals surface area contributed by atoms with Crippen molar-refractivity contribution in [2.45, 2.75) is 39.2 Å². The Kier molecular flexibility index (Phi) is 3.96. The molecule has 0 aliphatic heterocycles. The molecule has 4 rings (SSSR count). The summed E-state index contributed by atoms with van der Waals surface area (Å²) in [6, 6.07) is 13.3. The largest absolute Gasteiger partial charge is 0.399 e. The van der Waals surface area contributed by atoms with E-state index >= 15 is 0 Å². The van der Waals surface area contributed by atoms with Gasteiger partial charge in [-0.2, -0.15) is 0 Å². The number of nitrogen functional groups attached to an aromatic ring is 1. The summed E-state index contributed by atoms with van der Waals surface area (Å²) in [7, 11) is 0. The zero-order valence-corrected chi connectivity index (χ0v) is 14.5. The molecule has 4 nitrogen and oxygen atoms in total. The van der Waals surface area contributed by atoms with E-state index in [-0.39, 0.29) is 5.91 Å². The Labute approximate surface area is 147 Å². The summed E-state index contributed by atoms with van der Waals surface area (Å²) >= 11 is 0. The Balaban J connectivity index is 1.72. The van der Waals surface area contributed by atoms with Crippen LogP contribution in [-0.4, -0.2) is 10.5 Å². The van der Waals surface area contributed by atoms with Crippen molar-refractivity contribution in [3.05, 3.63) is 59.3 Å². The van der Waals surface area contributed by atoms with Crippen molar-refractivity contribution in [2.75, 3.05) is 11.1 Å². The van der Waals surface area contributed by atoms with E-state index in [0.29, 0.717) is 11.3 Å². The minimum atomic E-state index is -0.0960. The Morgan fingerprint density at radius 3 is 2.80 bits per heavy atom. The normalized spacial score (nSPS) is 13.6. The van der Waals surface area contributed by atoms with E-state index in [2.05, 4.69) is 22.9 Å². The van der Waals surface area contributed by atoms with Gasteiger partial charge in [0, 0.05) is 40.1 Å². The zero-order chi connectivity index (χ0) is 17.4. The summed E-state index contributed by atoms with van der Waals surface area (Å²) in [5, 5.41) is 4.17. The van der Waals surface area contributed by atoms with E-state index < -0.39 is 0 Å². The van der Waals surface area contributed by atoms with Gasteiger partial charge in [-0.15, -0.1) is 0 Å². The number of aryl methyl sites for hydroxylation is 2. The third-order valence-electron chi connectivity index (χ3n) is 5.10. The molecule has 4 heteroatoms. The fourth-order valence-electron chi connectivity index (χ4n) is 3.96. The maximum absolute atomic E-state index is 12.7. The molecule has 1 aliphatic carbocycles. The van der Waals surface area contributed by atoms with Crippen LogP contribution in [0.5, 0.6) is 0 Å². The number of aromatic nitrogens is 1. The molecule has 1 amide bonds. The first-order valence-corrected chi connectivity index (χ1v) is 8.98. The highest BCUT2D eigenvalue weighted by Gasteiger charge is 2.20. The predicted octanol–water partition coefficient (Wildman–Crippen LogP) is 4.37. The number of hydrogen-bond acceptors (Lipinski definition) is 2. The highest BCUT2D eigenvalue weighted by atomic mass is 16.1. The molecular weight excluding hydrogens is 310 g/mol. The second kappa shape index (κ2) is 6.28. The first kappa shape index (κ1) is 15.8. The Bertz CT molecular complexity index is 955. The van der Waals surface area contributed by atoms with Crippen molar-refractivity contribution in [3.63, 3.8) is 0 Å². The monoisotopic (exact) mass is 333 g/mol. The number of carbonyl (C=O) groups excluding carboxylic acids is 1. The molecule has 25 heavy (non-hydrogen) atoms. The molecule has 3 aromatic rings. The van der Waals surface area contributed by atoms with Gasteiger partial charge in [0.05, 0.1) is 0 Å². The average Bonchev–Trinajstić information content (AvgIpc) is 2.94. The summed E-state index contributed by atoms with van der Waals surface area (Å²) in [5.41, 5.74) is 12.0. The Morgan fingerprint density at radius 2 is 2.00 bits per heavy atom. The average molecular weight is 333 g/mol. The molecule has 0 radical (unpaired) electrons. The lowest BCUT2D eigenvalue weighted by Crippen LogP contribution is -2.12. The lowest BCUT2D eigenvalue weighted by molar-refractivity contribution is 0.102. The summed E-state index contributed by atoms with van der Waals surface area (Å²) in [4.78, 5) is 12.7. The molecule has 0 fully saturated rings. The van der Waals surface area contributed by atoms with E-state index in [1.807, 2.05) is 30.3 Å². The Morgan fingerprint density at radius 1 is 1.16 bits per heavy atom. The minimum absolute atomic E-state index is 0.0960. The van der Waals surface area contributed by atoms with Crippen molar-refractivity contribution >= 4 is 28.2 Å². The molecule has 1 aromatic heterocycles. The van der Waals surface area contributed by atoms with Gasteiger partial charge >= 0.3 is 0 Å². The van der Waals surface area contributed by atoms with Crippen LogP contribution >= 0.6 is 0 Å². The maximum Gasteiger partial charge on any atom is 0.255 e. The third-order valence-corrected chi connectivity index (χ3v) is 5.10. The van der Waals surface area contributed by atoms with Crippen LogP contribution in [0.2, 0.25) is 0 Å². The smallest absolute Gasteiger partial charge is 0.255 e. The number of nitrogens with zero attached hydrogens (tertiary/aromatic N) is 1. The van der Waals surface area contributed by atoms with E-state index in [1.54, 1.807) is 6.07 Å². The number of rotatable bonds is 3. The van der Waals surface area contributed by atoms with E-state index in [9.17, 15) is 4.79 Å². The van der Waals surface area contributed by atoms with Crippen LogP contribution in [0.15, 0.2) is 42.5 Å². The molecular formula is C21H23N3O. The molecule has 128 valence electrons. The van der Waals surface area contributed by atoms with Crippen LogP contribution in [-0.2, 0) is 19.4 Å². The van der Waals surface area contributed by atoms with E-state index in [0.717, 1.165) is 25.1 Å². The second-order valence-corrected chi connectivity index (χ2v) is 6.69. The number of nitrogens with one attached hydrogen (secondary N) is 1. The van der Waals surface area contributed by atoms with Crippen molar-refractivity contribution < 1.29 is 4.79 Å². The molecule has 2 aromatic carbocycles. The summed E-state index contributed by atoms with van der Waals surface area (Å²) in [6.07, 6.45) is 4.74. The summed E-state index contributed by atoms with van der Waals surface area (Å²) in [6.45, 7) is 3.16. The van der Waals surface area contributed by atoms with Gasteiger partial charge < -0.3 is 15.6 Å². The number of hydrogen-bond donors (Lipinski definition) is 2. The van der Waals surface area contributed by atoms with Gasteiger partial charge in [-0.25, -0.2) is 0 Å². The van der Waals surface area contributed by atoms with Crippen molar-refractivity contribution in [1.82, 2.24) is 4.57 Å². The van der Waals surface area contributed by atoms with Gasteiger partial charge in [-0.1, -0.05) is 6.07 Å². The van der Waals surface area contributed by atoms with Gasteiger partial charge in [0.25, 0.3) is 5.91 Å². The molecule has 0 atom stereocenters. The number of anilines is 2. The quantitative estimate of drug-likeness (QED) is 0.699. The zero-order valence-electron chi connectivity index (χ0n) is 14.5. The van der Waals surface area contributed by atoms with Gasteiger partial charge in [0.1, 0.15) is 0 Å². The first-order valence-electron chi connectivity index (χ1n) is 8.98. The van der Waals surface area contributed by atoms with Crippen LogP contribution in [0.3, 0.4) is 0 Å². The number of nitrogens with two attached hydrogens (primary N) is 1. The minimum Gasteiger partial charge on any atom is -0.399 e. The van der Waals surface area contributed by atoms with Gasteiger partial charge in [0.2, 0.25) is 0 Å². The van der Waals surface area contributed by atoms with Crippen LogP contribution in [0.25, 0.3) is 10.9 Å². The molecule has 0 saturated carbocycles. The highest BCUT2D eigenvalue weighted by molar-refractivity contribution is 6.06. The predicted molar refractivity (Wildman–Crippen MR) is 103 cm³/mol. The van der Waals surface area contributed by atoms with Gasteiger partial charge in [-0.3, -0.25) is 4.79 Å². The van der Waals surface area contributed by atoms with Crippen LogP contribution < -0.4 is 11.1 Å². The number of carbonyl (C=O) groups is 1. The van der Waals surface area contributed by atoms with Crippen LogP contribution in [0.1, 0.15) is 41.4 Å². The molecule has 1 heterocycles. The van der Waals surface area contributed by atoms with Crippen molar-refractivity contribution in [2.24, 2.45) is 0 Å². The Hall–Kier alpha value is -2.75. The SMILES string of the molecule is CCn1c2c(c3cc(C(=O)Nc4cccc(N)c4)ccc31)CCCC2. The summed E-state index contributed by atoms with van der Waals surface area (Å²) < 4.78 is 2.41. The lowest BCUT2D eigenvalue weighted by Gasteiger charge is -2.14.